The van der Waals surface area contributed by atoms with Crippen LogP contribution >= 0.6 is 24.8 Å². The number of nitrogen functional groups attached to an aromatic ring is 1. The third-order valence-electron chi connectivity index (χ3n) is 5.45. The van der Waals surface area contributed by atoms with Gasteiger partial charge in [0.15, 0.2) is 0 Å². The number of carboxylic acids is 1. The fraction of sp³-hybridized carbons (Fsp3) is 0.208. The van der Waals surface area contributed by atoms with Gasteiger partial charge in [-0.1, -0.05) is 24.3 Å². The van der Waals surface area contributed by atoms with Gasteiger partial charge in [-0.2, -0.15) is 0 Å². The number of carboxylic acid groups (broad SMARTS) is 1. The maximum atomic E-state index is 12.5. The number of halogens is 2. The van der Waals surface area contributed by atoms with E-state index in [2.05, 4.69) is 5.32 Å². The lowest BCUT2D eigenvalue weighted by Crippen LogP contribution is -2.36. The van der Waals surface area contributed by atoms with Gasteiger partial charge in [-0.3, -0.25) is 15.1 Å². The molecule has 0 saturated carbocycles. The van der Waals surface area contributed by atoms with E-state index < -0.39 is 11.9 Å². The van der Waals surface area contributed by atoms with Crippen LogP contribution in [0, 0.1) is 5.41 Å². The average Bonchev–Trinajstić information content (AvgIpc) is 3.30. The Morgan fingerprint density at radius 1 is 1.06 bits per heavy atom. The number of nitrogens with two attached hydrogens (primary N) is 1. The minimum Gasteiger partial charge on any atom is -0.489 e. The Morgan fingerprint density at radius 2 is 1.76 bits per heavy atom. The molecule has 1 unspecified atom stereocenters. The number of carbonyl (C=O) groups excluding carboxylic acids is 1. The van der Waals surface area contributed by atoms with Gasteiger partial charge in [-0.25, -0.2) is 4.79 Å². The summed E-state index contributed by atoms with van der Waals surface area (Å²) in [5.74, 6) is -1.90. The number of fused-ring (bicyclic) bond motifs is 1. The minimum atomic E-state index is -1.53. The van der Waals surface area contributed by atoms with Crippen LogP contribution in [0.1, 0.15) is 17.5 Å². The number of aliphatic carboxylic acids is 1. The fourth-order valence-electron chi connectivity index (χ4n) is 3.77. The first kappa shape index (κ1) is 26.9. The Labute approximate surface area is 209 Å². The number of carbonyl (C=O) groups is 2. The largest absolute Gasteiger partial charge is 0.489 e. The molecule has 180 valence electrons. The quantitative estimate of drug-likeness (QED) is 0.231. The highest BCUT2D eigenvalue weighted by Crippen LogP contribution is 2.25. The van der Waals surface area contributed by atoms with E-state index in [-0.39, 0.29) is 43.3 Å². The van der Waals surface area contributed by atoms with Gasteiger partial charge in [0.25, 0.3) is 0 Å². The van der Waals surface area contributed by atoms with Crippen molar-refractivity contribution in [3.63, 3.8) is 0 Å². The van der Waals surface area contributed by atoms with Crippen molar-refractivity contribution in [3.8, 4) is 5.75 Å². The zero-order chi connectivity index (χ0) is 22.7. The van der Waals surface area contributed by atoms with Crippen molar-refractivity contribution in [3.05, 3.63) is 71.8 Å². The molecule has 3 aromatic carbocycles. The van der Waals surface area contributed by atoms with Crippen molar-refractivity contribution in [2.75, 3.05) is 18.0 Å². The molecule has 10 heteroatoms. The standard InChI is InChI=1S/C24H24N4O4.2ClH/c25-22(26)17-4-3-16-2-1-15(11-18(16)12-17)14-28(23(29)24(30)31)19-5-7-20(8-6-19)32-21-9-10-27-13-21;;/h1-8,11-12,21,27H,9-10,13-14H2,(H3,25,26)(H,30,31);2*1H. The monoisotopic (exact) mass is 504 g/mol. The normalized spacial score (nSPS) is 14.5. The summed E-state index contributed by atoms with van der Waals surface area (Å²) in [6, 6.07) is 17.9. The summed E-state index contributed by atoms with van der Waals surface area (Å²) in [5, 5.41) is 22.0. The summed E-state index contributed by atoms with van der Waals surface area (Å²) in [6.07, 6.45) is 1.04. The number of anilines is 1. The molecule has 5 N–H and O–H groups in total. The lowest BCUT2D eigenvalue weighted by Gasteiger charge is -2.22. The van der Waals surface area contributed by atoms with Gasteiger partial charge in [-0.15, -0.1) is 24.8 Å². The second kappa shape index (κ2) is 11.7. The molecule has 8 nitrogen and oxygen atoms in total. The second-order valence-corrected chi connectivity index (χ2v) is 7.73. The maximum absolute atomic E-state index is 12.5. The van der Waals surface area contributed by atoms with Crippen molar-refractivity contribution < 1.29 is 19.4 Å². The molecule has 0 aliphatic carbocycles. The maximum Gasteiger partial charge on any atom is 0.394 e. The number of amides is 1. The third-order valence-corrected chi connectivity index (χ3v) is 5.45. The van der Waals surface area contributed by atoms with Gasteiger partial charge in [0.2, 0.25) is 0 Å². The van der Waals surface area contributed by atoms with E-state index in [0.717, 1.165) is 35.8 Å². The molecule has 1 saturated heterocycles. The lowest BCUT2D eigenvalue weighted by molar-refractivity contribution is -0.148. The summed E-state index contributed by atoms with van der Waals surface area (Å²) in [5.41, 5.74) is 7.41. The number of hydrogen-bond donors (Lipinski definition) is 4. The summed E-state index contributed by atoms with van der Waals surface area (Å²) in [6.45, 7) is 1.79. The van der Waals surface area contributed by atoms with E-state index in [4.69, 9.17) is 15.9 Å². The van der Waals surface area contributed by atoms with Crippen molar-refractivity contribution in [1.29, 1.82) is 5.41 Å². The molecule has 1 aliphatic rings. The smallest absolute Gasteiger partial charge is 0.394 e. The van der Waals surface area contributed by atoms with E-state index in [1.54, 1.807) is 36.4 Å². The highest BCUT2D eigenvalue weighted by Gasteiger charge is 2.23. The molecule has 1 atom stereocenters. The molecule has 4 rings (SSSR count). The topological polar surface area (TPSA) is 129 Å². The molecular formula is C24H26Cl2N4O4. The Kier molecular flexibility index (Phi) is 9.26. The Hall–Kier alpha value is -3.33. The first-order valence-electron chi connectivity index (χ1n) is 10.3. The molecular weight excluding hydrogens is 479 g/mol. The molecule has 1 amide bonds. The van der Waals surface area contributed by atoms with E-state index in [1.807, 2.05) is 24.3 Å². The predicted octanol–water partition coefficient (Wildman–Crippen LogP) is 3.33. The van der Waals surface area contributed by atoms with Crippen LogP contribution in [0.3, 0.4) is 0 Å². The zero-order valence-electron chi connectivity index (χ0n) is 18.2. The van der Waals surface area contributed by atoms with Crippen molar-refractivity contribution >= 4 is 59.0 Å². The molecule has 1 heterocycles. The van der Waals surface area contributed by atoms with Crippen molar-refractivity contribution in [2.45, 2.75) is 19.1 Å². The van der Waals surface area contributed by atoms with E-state index in [0.29, 0.717) is 17.0 Å². The Balaban J connectivity index is 0.00000204. The highest BCUT2D eigenvalue weighted by atomic mass is 35.5. The number of rotatable bonds is 6. The number of nitrogens with zero attached hydrogens (tertiary/aromatic N) is 1. The van der Waals surface area contributed by atoms with Gasteiger partial charge in [0, 0.05) is 17.8 Å². The zero-order valence-corrected chi connectivity index (χ0v) is 19.8. The van der Waals surface area contributed by atoms with Gasteiger partial charge in [-0.05, 0) is 65.7 Å². The molecule has 0 radical (unpaired) electrons. The van der Waals surface area contributed by atoms with Gasteiger partial charge in [0.05, 0.1) is 6.54 Å². The molecule has 0 bridgehead atoms. The summed E-state index contributed by atoms with van der Waals surface area (Å²) in [7, 11) is 0. The minimum absolute atomic E-state index is 0. The first-order valence-corrected chi connectivity index (χ1v) is 10.3. The number of amidine groups is 1. The van der Waals surface area contributed by atoms with Crippen LogP contribution in [0.25, 0.3) is 10.8 Å². The van der Waals surface area contributed by atoms with E-state index in [9.17, 15) is 14.7 Å². The van der Waals surface area contributed by atoms with Crippen LogP contribution < -0.4 is 20.7 Å². The predicted molar refractivity (Wildman–Crippen MR) is 137 cm³/mol. The number of nitrogens with one attached hydrogen (secondary N) is 2. The van der Waals surface area contributed by atoms with E-state index >= 15 is 0 Å². The highest BCUT2D eigenvalue weighted by molar-refractivity contribution is 6.37. The molecule has 1 aliphatic heterocycles. The molecule has 3 aromatic rings. The van der Waals surface area contributed by atoms with Gasteiger partial charge in [0.1, 0.15) is 17.7 Å². The molecule has 34 heavy (non-hydrogen) atoms. The SMILES string of the molecule is Cl.Cl.N=C(N)c1ccc2ccc(CN(C(=O)C(=O)O)c3ccc(OC4CCNC4)cc3)cc2c1. The van der Waals surface area contributed by atoms with Crippen LogP contribution in [-0.4, -0.2) is 42.0 Å². The summed E-state index contributed by atoms with van der Waals surface area (Å²) in [4.78, 5) is 25.2. The molecule has 1 fully saturated rings. The number of hydrogen-bond acceptors (Lipinski definition) is 5. The average molecular weight is 505 g/mol. The summed E-state index contributed by atoms with van der Waals surface area (Å²) >= 11 is 0. The van der Waals surface area contributed by atoms with E-state index in [1.165, 1.54) is 4.90 Å². The third kappa shape index (κ3) is 6.17. The lowest BCUT2D eigenvalue weighted by atomic mass is 10.0. The van der Waals surface area contributed by atoms with Crippen molar-refractivity contribution in [1.82, 2.24) is 5.32 Å². The van der Waals surface area contributed by atoms with Crippen LogP contribution in [0.4, 0.5) is 5.69 Å². The van der Waals surface area contributed by atoms with Crippen LogP contribution in [0.15, 0.2) is 60.7 Å². The van der Waals surface area contributed by atoms with Gasteiger partial charge >= 0.3 is 11.9 Å². The van der Waals surface area contributed by atoms with Crippen molar-refractivity contribution in [2.24, 2.45) is 5.73 Å². The fourth-order valence-corrected chi connectivity index (χ4v) is 3.77. The number of benzene rings is 3. The van der Waals surface area contributed by atoms with Gasteiger partial charge < -0.3 is 20.9 Å². The summed E-state index contributed by atoms with van der Waals surface area (Å²) < 4.78 is 5.91. The van der Waals surface area contributed by atoms with Crippen LogP contribution in [0.2, 0.25) is 0 Å². The Bertz CT molecular complexity index is 1180. The van der Waals surface area contributed by atoms with Crippen LogP contribution in [-0.2, 0) is 16.1 Å². The Morgan fingerprint density at radius 3 is 2.38 bits per heavy atom. The van der Waals surface area contributed by atoms with Crippen LogP contribution in [0.5, 0.6) is 5.75 Å². The molecule has 0 aromatic heterocycles. The molecule has 0 spiro atoms. The second-order valence-electron chi connectivity index (χ2n) is 7.73. The number of ether oxygens (including phenoxy) is 1. The first-order chi connectivity index (χ1) is 15.4.